The minimum absolute atomic E-state index is 0.202. The van der Waals surface area contributed by atoms with Crippen LogP contribution >= 0.6 is 0 Å². The second-order valence-electron chi connectivity index (χ2n) is 8.47. The number of methoxy groups -OCH3 is 1. The number of pyridine rings is 2. The molecule has 190 valence electrons. The van der Waals surface area contributed by atoms with Crippen LogP contribution in [0.1, 0.15) is 48.0 Å². The molecule has 4 rings (SSSR count). The number of amides is 2. The second kappa shape index (κ2) is 11.3. The zero-order valence-electron chi connectivity index (χ0n) is 21.2. The molecule has 2 aromatic carbocycles. The summed E-state index contributed by atoms with van der Waals surface area (Å²) in [6.45, 7) is 7.56. The van der Waals surface area contributed by atoms with Crippen molar-refractivity contribution in [3.63, 3.8) is 0 Å². The number of carbonyl (C=O) groups is 3. The Labute approximate surface area is 220 Å². The first-order chi connectivity index (χ1) is 18.4. The lowest BCUT2D eigenvalue weighted by molar-refractivity contribution is 0.101. The van der Waals surface area contributed by atoms with E-state index in [0.29, 0.717) is 34.5 Å². The van der Waals surface area contributed by atoms with E-state index in [-0.39, 0.29) is 23.2 Å². The minimum Gasteiger partial charge on any atom is -0.496 e. The molecule has 4 aromatic rings. The van der Waals surface area contributed by atoms with Gasteiger partial charge in [0.2, 0.25) is 0 Å². The van der Waals surface area contributed by atoms with Crippen LogP contribution in [0.2, 0.25) is 0 Å². The number of carbonyl (C=O) groups excluding carboxylic acids is 3. The van der Waals surface area contributed by atoms with Crippen LogP contribution in [-0.4, -0.2) is 35.2 Å². The van der Waals surface area contributed by atoms with Gasteiger partial charge in [0, 0.05) is 41.0 Å². The van der Waals surface area contributed by atoms with Crippen LogP contribution in [0.15, 0.2) is 73.6 Å². The molecule has 0 saturated carbocycles. The average Bonchev–Trinajstić information content (AvgIpc) is 2.95. The highest BCUT2D eigenvalue weighted by molar-refractivity contribution is 6.05. The van der Waals surface area contributed by atoms with Crippen LogP contribution in [-0.2, 0) is 0 Å². The molecule has 2 amide bonds. The van der Waals surface area contributed by atoms with Crippen molar-refractivity contribution < 1.29 is 19.1 Å². The van der Waals surface area contributed by atoms with E-state index >= 15 is 0 Å². The van der Waals surface area contributed by atoms with Crippen LogP contribution in [0.25, 0.3) is 17.2 Å². The Bertz CT molecular complexity index is 1540. The van der Waals surface area contributed by atoms with E-state index in [0.717, 1.165) is 22.3 Å². The summed E-state index contributed by atoms with van der Waals surface area (Å²) in [6, 6.07) is 15.9. The van der Waals surface area contributed by atoms with Gasteiger partial charge in [-0.3, -0.25) is 24.4 Å². The highest BCUT2D eigenvalue weighted by Crippen LogP contribution is 2.34. The van der Waals surface area contributed by atoms with E-state index in [1.54, 1.807) is 24.4 Å². The summed E-state index contributed by atoms with van der Waals surface area (Å²) < 4.78 is 5.33. The number of nitrogens with one attached hydrogen (secondary N) is 2. The average molecular weight is 507 g/mol. The van der Waals surface area contributed by atoms with Crippen LogP contribution in [0.4, 0.5) is 11.4 Å². The highest BCUT2D eigenvalue weighted by atomic mass is 16.5. The Morgan fingerprint density at radius 2 is 1.42 bits per heavy atom. The van der Waals surface area contributed by atoms with Crippen molar-refractivity contribution in [3.8, 4) is 16.9 Å². The third kappa shape index (κ3) is 5.34. The van der Waals surface area contributed by atoms with Gasteiger partial charge in [0.25, 0.3) is 11.8 Å². The van der Waals surface area contributed by atoms with E-state index in [1.165, 1.54) is 19.4 Å². The second-order valence-corrected chi connectivity index (χ2v) is 8.47. The van der Waals surface area contributed by atoms with Gasteiger partial charge in [-0.1, -0.05) is 36.9 Å². The number of aldehydes is 1. The molecule has 2 aromatic heterocycles. The molecule has 0 aliphatic carbocycles. The van der Waals surface area contributed by atoms with Gasteiger partial charge in [0.1, 0.15) is 17.1 Å². The minimum atomic E-state index is -0.383. The topological polar surface area (TPSA) is 110 Å². The summed E-state index contributed by atoms with van der Waals surface area (Å²) in [6.07, 6.45) is 5.18. The largest absolute Gasteiger partial charge is 0.496 e. The lowest BCUT2D eigenvalue weighted by Crippen LogP contribution is -2.15. The molecule has 0 atom stereocenters. The van der Waals surface area contributed by atoms with Crippen LogP contribution in [0.5, 0.6) is 5.75 Å². The summed E-state index contributed by atoms with van der Waals surface area (Å²) in [5, 5.41) is 5.83. The standard InChI is InChI=1S/C30H26N4O4/c1-5-21-16-32-27(14-28(21)38-4)30(37)34-25-11-7-9-23(19(25)3)22-8-6-10-24(18(22)2)33-29(36)26-13-12-20(17-35)15-31-26/h5-17H,1H2,2-4H3,(H,33,36)(H,34,37). The van der Waals surface area contributed by atoms with Gasteiger partial charge in [-0.25, -0.2) is 0 Å². The molecule has 2 heterocycles. The predicted molar refractivity (Wildman–Crippen MR) is 148 cm³/mol. The lowest BCUT2D eigenvalue weighted by atomic mass is 9.94. The van der Waals surface area contributed by atoms with Gasteiger partial charge in [-0.05, 0) is 60.4 Å². The number of aromatic nitrogens is 2. The van der Waals surface area contributed by atoms with Crippen LogP contribution in [0, 0.1) is 13.8 Å². The Hall–Kier alpha value is -5.11. The first-order valence-electron chi connectivity index (χ1n) is 11.8. The Morgan fingerprint density at radius 3 is 1.92 bits per heavy atom. The monoisotopic (exact) mass is 506 g/mol. The van der Waals surface area contributed by atoms with E-state index < -0.39 is 0 Å². The van der Waals surface area contributed by atoms with Gasteiger partial charge in [-0.2, -0.15) is 0 Å². The molecule has 0 fully saturated rings. The maximum absolute atomic E-state index is 13.0. The molecule has 8 heteroatoms. The molecular weight excluding hydrogens is 480 g/mol. The number of nitrogens with zero attached hydrogens (tertiary/aromatic N) is 2. The fraction of sp³-hybridized carbons (Fsp3) is 0.100. The van der Waals surface area contributed by atoms with Crippen molar-refractivity contribution >= 4 is 35.6 Å². The van der Waals surface area contributed by atoms with Crippen molar-refractivity contribution in [2.24, 2.45) is 0 Å². The molecule has 0 radical (unpaired) electrons. The summed E-state index contributed by atoms with van der Waals surface area (Å²) >= 11 is 0. The quantitative estimate of drug-likeness (QED) is 0.295. The first kappa shape index (κ1) is 26.0. The first-order valence-corrected chi connectivity index (χ1v) is 11.8. The Balaban J connectivity index is 1.60. The number of benzene rings is 2. The smallest absolute Gasteiger partial charge is 0.274 e. The van der Waals surface area contributed by atoms with Crippen molar-refractivity contribution in [2.45, 2.75) is 13.8 Å². The third-order valence-electron chi connectivity index (χ3n) is 6.18. The van der Waals surface area contributed by atoms with Crippen LogP contribution < -0.4 is 15.4 Å². The summed E-state index contributed by atoms with van der Waals surface area (Å²) in [7, 11) is 1.52. The van der Waals surface area contributed by atoms with Crippen molar-refractivity contribution in [1.29, 1.82) is 0 Å². The molecule has 0 aliphatic rings. The molecule has 38 heavy (non-hydrogen) atoms. The normalized spacial score (nSPS) is 10.4. The van der Waals surface area contributed by atoms with Crippen LogP contribution in [0.3, 0.4) is 0 Å². The van der Waals surface area contributed by atoms with Gasteiger partial charge in [0.15, 0.2) is 6.29 Å². The van der Waals surface area contributed by atoms with Crippen molar-refractivity contribution in [1.82, 2.24) is 9.97 Å². The molecule has 0 unspecified atom stereocenters. The number of ether oxygens (including phenoxy) is 1. The zero-order chi connectivity index (χ0) is 27.2. The summed E-state index contributed by atoms with van der Waals surface area (Å²) in [5.41, 5.74) is 6.27. The Kier molecular flexibility index (Phi) is 7.72. The number of rotatable bonds is 8. The van der Waals surface area contributed by atoms with E-state index in [2.05, 4.69) is 27.2 Å². The van der Waals surface area contributed by atoms with Crippen molar-refractivity contribution in [3.05, 3.63) is 107 Å². The van der Waals surface area contributed by atoms with Gasteiger partial charge in [-0.15, -0.1) is 0 Å². The van der Waals surface area contributed by atoms with Gasteiger partial charge >= 0.3 is 0 Å². The number of anilines is 2. The predicted octanol–water partition coefficient (Wildman–Crippen LogP) is 5.73. The highest BCUT2D eigenvalue weighted by Gasteiger charge is 2.16. The van der Waals surface area contributed by atoms with Crippen molar-refractivity contribution in [2.75, 3.05) is 17.7 Å². The van der Waals surface area contributed by atoms with E-state index in [4.69, 9.17) is 4.74 Å². The summed E-state index contributed by atoms with van der Waals surface area (Å²) in [4.78, 5) is 44.9. The van der Waals surface area contributed by atoms with Gasteiger partial charge in [0.05, 0.1) is 7.11 Å². The number of hydrogen-bond acceptors (Lipinski definition) is 6. The third-order valence-corrected chi connectivity index (χ3v) is 6.18. The lowest BCUT2D eigenvalue weighted by Gasteiger charge is -2.17. The molecule has 0 saturated heterocycles. The van der Waals surface area contributed by atoms with Gasteiger partial charge < -0.3 is 15.4 Å². The van der Waals surface area contributed by atoms with E-state index in [1.807, 2.05) is 50.2 Å². The molecule has 0 aliphatic heterocycles. The maximum Gasteiger partial charge on any atom is 0.274 e. The molecule has 0 bridgehead atoms. The molecular formula is C30H26N4O4. The molecule has 8 nitrogen and oxygen atoms in total. The Morgan fingerprint density at radius 1 is 0.842 bits per heavy atom. The molecule has 2 N–H and O–H groups in total. The SMILES string of the molecule is C=Cc1cnc(C(=O)Nc2cccc(-c3cccc(NC(=O)c4ccc(C=O)cn4)c3C)c2C)cc1OC. The maximum atomic E-state index is 13.0. The molecule has 0 spiro atoms. The van der Waals surface area contributed by atoms with E-state index in [9.17, 15) is 14.4 Å². The fourth-order valence-electron chi connectivity index (χ4n) is 4.01. The summed E-state index contributed by atoms with van der Waals surface area (Å²) in [5.74, 6) is -0.245. The zero-order valence-corrected chi connectivity index (χ0v) is 21.2. The number of hydrogen-bond donors (Lipinski definition) is 2. The fourth-order valence-corrected chi connectivity index (χ4v) is 4.01.